The van der Waals surface area contributed by atoms with E-state index in [0.29, 0.717) is 23.7 Å². The van der Waals surface area contributed by atoms with Crippen molar-refractivity contribution in [1.82, 2.24) is 0 Å². The Bertz CT molecular complexity index is 671. The van der Waals surface area contributed by atoms with Gasteiger partial charge >= 0.3 is 0 Å². The second-order valence-corrected chi connectivity index (χ2v) is 6.13. The van der Waals surface area contributed by atoms with Crippen molar-refractivity contribution in [2.75, 3.05) is 25.3 Å². The van der Waals surface area contributed by atoms with Crippen LogP contribution in [0.5, 0.6) is 11.5 Å². The highest BCUT2D eigenvalue weighted by Gasteiger charge is 2.11. The molecule has 0 saturated carbocycles. The van der Waals surface area contributed by atoms with Gasteiger partial charge in [-0.25, -0.2) is 0 Å². The molecule has 4 nitrogen and oxygen atoms in total. The summed E-state index contributed by atoms with van der Waals surface area (Å²) in [6, 6.07) is 13.0. The zero-order chi connectivity index (χ0) is 17.4. The molecule has 0 aliphatic heterocycles. The number of thioether (sulfide) groups is 1. The summed E-state index contributed by atoms with van der Waals surface area (Å²) >= 11 is 1.66. The number of rotatable bonds is 8. The maximum atomic E-state index is 12.4. The first-order chi connectivity index (χ1) is 11.7. The molecule has 0 fully saturated rings. The van der Waals surface area contributed by atoms with Crippen LogP contribution in [0, 0.1) is 0 Å². The van der Waals surface area contributed by atoms with Crippen molar-refractivity contribution in [2.45, 2.75) is 24.7 Å². The van der Waals surface area contributed by atoms with E-state index in [4.69, 9.17) is 9.47 Å². The molecule has 1 N–H and O–H groups in total. The molecule has 2 aromatic carbocycles. The largest absolute Gasteiger partial charge is 0.493 e. The van der Waals surface area contributed by atoms with Gasteiger partial charge in [0.15, 0.2) is 11.5 Å². The molecule has 0 aromatic heterocycles. The third-order valence-electron chi connectivity index (χ3n) is 3.53. The van der Waals surface area contributed by atoms with E-state index in [0.717, 1.165) is 23.4 Å². The summed E-state index contributed by atoms with van der Waals surface area (Å²) in [5, 5.41) is 2.89. The Morgan fingerprint density at radius 1 is 1.12 bits per heavy atom. The fourth-order valence-corrected chi connectivity index (χ4v) is 2.54. The third kappa shape index (κ3) is 4.93. The van der Waals surface area contributed by atoms with E-state index in [-0.39, 0.29) is 5.91 Å². The van der Waals surface area contributed by atoms with Gasteiger partial charge in [-0.1, -0.05) is 13.3 Å². The van der Waals surface area contributed by atoms with Gasteiger partial charge in [0.2, 0.25) is 0 Å². The van der Waals surface area contributed by atoms with Crippen LogP contribution in [-0.2, 0) is 0 Å². The van der Waals surface area contributed by atoms with Crippen LogP contribution in [0.2, 0.25) is 0 Å². The fourth-order valence-electron chi connectivity index (χ4n) is 2.13. The van der Waals surface area contributed by atoms with Crippen LogP contribution in [0.25, 0.3) is 0 Å². The number of carbonyl (C=O) groups is 1. The van der Waals surface area contributed by atoms with Crippen LogP contribution < -0.4 is 14.8 Å². The van der Waals surface area contributed by atoms with Gasteiger partial charge in [-0.05, 0) is 55.1 Å². The second kappa shape index (κ2) is 9.23. The summed E-state index contributed by atoms with van der Waals surface area (Å²) in [5.41, 5.74) is 1.30. The van der Waals surface area contributed by atoms with Gasteiger partial charge in [-0.15, -0.1) is 11.8 Å². The van der Waals surface area contributed by atoms with E-state index < -0.39 is 0 Å². The third-order valence-corrected chi connectivity index (χ3v) is 4.27. The van der Waals surface area contributed by atoms with Crippen molar-refractivity contribution >= 4 is 23.4 Å². The molecular formula is C19H23NO3S. The first kappa shape index (κ1) is 18.2. The zero-order valence-corrected chi connectivity index (χ0v) is 15.1. The topological polar surface area (TPSA) is 47.6 Å². The average molecular weight is 345 g/mol. The molecule has 0 spiro atoms. The Balaban J connectivity index is 2.08. The summed E-state index contributed by atoms with van der Waals surface area (Å²) < 4.78 is 11.0. The smallest absolute Gasteiger partial charge is 0.255 e. The molecule has 0 atom stereocenters. The molecule has 0 radical (unpaired) electrons. The number of methoxy groups -OCH3 is 1. The van der Waals surface area contributed by atoms with Crippen molar-refractivity contribution in [3.63, 3.8) is 0 Å². The van der Waals surface area contributed by atoms with E-state index in [1.807, 2.05) is 30.5 Å². The lowest BCUT2D eigenvalue weighted by atomic mass is 10.2. The maximum absolute atomic E-state index is 12.4. The summed E-state index contributed by atoms with van der Waals surface area (Å²) in [6.07, 6.45) is 4.07. The van der Waals surface area contributed by atoms with Crippen LogP contribution >= 0.6 is 11.8 Å². The van der Waals surface area contributed by atoms with Crippen LogP contribution in [-0.4, -0.2) is 25.9 Å². The van der Waals surface area contributed by atoms with Gasteiger partial charge in [-0.2, -0.15) is 0 Å². The summed E-state index contributed by atoms with van der Waals surface area (Å²) in [5.74, 6) is 1.05. The summed E-state index contributed by atoms with van der Waals surface area (Å²) in [7, 11) is 1.57. The fraction of sp³-hybridized carbons (Fsp3) is 0.316. The quantitative estimate of drug-likeness (QED) is 0.549. The first-order valence-corrected chi connectivity index (χ1v) is 9.16. The minimum atomic E-state index is -0.176. The van der Waals surface area contributed by atoms with Gasteiger partial charge < -0.3 is 14.8 Å². The standard InChI is InChI=1S/C19H23NO3S/c1-4-5-12-23-17-11-6-14(13-18(17)22-2)19(21)20-15-7-9-16(24-3)10-8-15/h6-11,13H,4-5,12H2,1-3H3,(H,20,21). The second-order valence-electron chi connectivity index (χ2n) is 5.25. The summed E-state index contributed by atoms with van der Waals surface area (Å²) in [6.45, 7) is 2.75. The van der Waals surface area contributed by atoms with Gasteiger partial charge in [0.25, 0.3) is 5.91 Å². The SMILES string of the molecule is CCCCOc1ccc(C(=O)Nc2ccc(SC)cc2)cc1OC. The normalized spacial score (nSPS) is 10.3. The van der Waals surface area contributed by atoms with Gasteiger partial charge in [0.05, 0.1) is 13.7 Å². The van der Waals surface area contributed by atoms with Crippen molar-refractivity contribution in [1.29, 1.82) is 0 Å². The molecule has 0 aliphatic carbocycles. The van der Waals surface area contributed by atoms with Gasteiger partial charge in [0, 0.05) is 16.1 Å². The Kier molecular flexibility index (Phi) is 7.00. The predicted octanol–water partition coefficient (Wildman–Crippen LogP) is 4.85. The Morgan fingerprint density at radius 2 is 1.88 bits per heavy atom. The van der Waals surface area contributed by atoms with Crippen molar-refractivity contribution in [3.8, 4) is 11.5 Å². The van der Waals surface area contributed by atoms with Crippen molar-refractivity contribution < 1.29 is 14.3 Å². The lowest BCUT2D eigenvalue weighted by Gasteiger charge is -2.12. The van der Waals surface area contributed by atoms with E-state index in [1.54, 1.807) is 37.1 Å². The first-order valence-electron chi connectivity index (χ1n) is 7.94. The molecule has 0 unspecified atom stereocenters. The molecule has 2 rings (SSSR count). The van der Waals surface area contributed by atoms with Gasteiger partial charge in [0.1, 0.15) is 0 Å². The number of carbonyl (C=O) groups excluding carboxylic acids is 1. The van der Waals surface area contributed by atoms with Crippen molar-refractivity contribution in [2.24, 2.45) is 0 Å². The minimum absolute atomic E-state index is 0.176. The monoisotopic (exact) mass is 345 g/mol. The van der Waals surface area contributed by atoms with Gasteiger partial charge in [-0.3, -0.25) is 4.79 Å². The highest BCUT2D eigenvalue weighted by Crippen LogP contribution is 2.28. The van der Waals surface area contributed by atoms with Crippen LogP contribution in [0.3, 0.4) is 0 Å². The van der Waals surface area contributed by atoms with E-state index >= 15 is 0 Å². The van der Waals surface area contributed by atoms with E-state index in [1.165, 1.54) is 0 Å². The van der Waals surface area contributed by atoms with Crippen LogP contribution in [0.4, 0.5) is 5.69 Å². The molecule has 0 heterocycles. The molecule has 24 heavy (non-hydrogen) atoms. The molecule has 5 heteroatoms. The molecule has 0 aliphatic rings. The average Bonchev–Trinajstić information content (AvgIpc) is 2.62. The molecule has 2 aromatic rings. The molecule has 128 valence electrons. The number of ether oxygens (including phenoxy) is 2. The summed E-state index contributed by atoms with van der Waals surface area (Å²) in [4.78, 5) is 13.6. The number of amides is 1. The van der Waals surface area contributed by atoms with Crippen molar-refractivity contribution in [3.05, 3.63) is 48.0 Å². The molecule has 1 amide bonds. The van der Waals surface area contributed by atoms with Crippen LogP contribution in [0.1, 0.15) is 30.1 Å². The molecule has 0 saturated heterocycles. The Hall–Kier alpha value is -2.14. The predicted molar refractivity (Wildman–Crippen MR) is 99.6 cm³/mol. The maximum Gasteiger partial charge on any atom is 0.255 e. The van der Waals surface area contributed by atoms with E-state index in [9.17, 15) is 4.79 Å². The van der Waals surface area contributed by atoms with Crippen LogP contribution in [0.15, 0.2) is 47.4 Å². The number of nitrogens with one attached hydrogen (secondary N) is 1. The zero-order valence-electron chi connectivity index (χ0n) is 14.3. The lowest BCUT2D eigenvalue weighted by Crippen LogP contribution is -2.12. The highest BCUT2D eigenvalue weighted by molar-refractivity contribution is 7.98. The number of unbranched alkanes of at least 4 members (excludes halogenated alkanes) is 1. The number of hydrogen-bond acceptors (Lipinski definition) is 4. The highest BCUT2D eigenvalue weighted by atomic mass is 32.2. The Labute approximate surface area is 147 Å². The molecule has 0 bridgehead atoms. The minimum Gasteiger partial charge on any atom is -0.493 e. The lowest BCUT2D eigenvalue weighted by molar-refractivity contribution is 0.102. The number of benzene rings is 2. The number of anilines is 1. The Morgan fingerprint density at radius 3 is 2.50 bits per heavy atom. The van der Waals surface area contributed by atoms with E-state index in [2.05, 4.69) is 12.2 Å². The molecular weight excluding hydrogens is 322 g/mol. The number of hydrogen-bond donors (Lipinski definition) is 1.